The summed E-state index contributed by atoms with van der Waals surface area (Å²) in [6.45, 7) is 19.4. The fourth-order valence-electron chi connectivity index (χ4n) is 3.89. The molecule has 2 aliphatic rings. The predicted octanol–water partition coefficient (Wildman–Crippen LogP) is 2.52. The zero-order chi connectivity index (χ0) is 14.7. The number of piperidine rings is 1. The van der Waals surface area contributed by atoms with E-state index >= 15 is 0 Å². The lowest BCUT2D eigenvalue weighted by Gasteiger charge is -2.46. The number of likely N-dealkylation sites (tertiary alicyclic amines) is 1. The van der Waals surface area contributed by atoms with Gasteiger partial charge in [-0.2, -0.15) is 0 Å². The predicted molar refractivity (Wildman–Crippen MR) is 87.2 cm³/mol. The van der Waals surface area contributed by atoms with E-state index < -0.39 is 0 Å². The van der Waals surface area contributed by atoms with E-state index in [0.717, 1.165) is 18.0 Å². The third-order valence-electron chi connectivity index (χ3n) is 5.18. The zero-order valence-electron chi connectivity index (χ0n) is 14.3. The Bertz CT molecular complexity index is 282. The van der Waals surface area contributed by atoms with Gasteiger partial charge in [-0.25, -0.2) is 0 Å². The fraction of sp³-hybridized carbons (Fsp3) is 1.00. The quantitative estimate of drug-likeness (QED) is 0.784. The molecule has 118 valence electrons. The molecule has 20 heavy (non-hydrogen) atoms. The molecule has 0 aromatic rings. The Labute approximate surface area is 126 Å². The van der Waals surface area contributed by atoms with Crippen molar-refractivity contribution in [3.05, 3.63) is 0 Å². The lowest BCUT2D eigenvalue weighted by atomic mass is 9.95. The fourth-order valence-corrected chi connectivity index (χ4v) is 3.89. The molecule has 0 amide bonds. The van der Waals surface area contributed by atoms with Crippen LogP contribution in [0.1, 0.15) is 47.5 Å². The molecule has 2 saturated heterocycles. The molecule has 0 spiro atoms. The summed E-state index contributed by atoms with van der Waals surface area (Å²) in [5.41, 5.74) is 0. The van der Waals surface area contributed by atoms with E-state index in [2.05, 4.69) is 49.3 Å². The van der Waals surface area contributed by atoms with E-state index in [-0.39, 0.29) is 0 Å². The van der Waals surface area contributed by atoms with Crippen molar-refractivity contribution in [3.63, 3.8) is 0 Å². The van der Waals surface area contributed by atoms with Crippen molar-refractivity contribution in [3.8, 4) is 0 Å². The second-order valence-electron chi connectivity index (χ2n) is 7.58. The van der Waals surface area contributed by atoms with Crippen molar-refractivity contribution in [1.82, 2.24) is 14.7 Å². The second-order valence-corrected chi connectivity index (χ2v) is 7.58. The third kappa shape index (κ3) is 4.19. The van der Waals surface area contributed by atoms with Crippen molar-refractivity contribution in [2.24, 2.45) is 5.92 Å². The number of hydrogen-bond acceptors (Lipinski definition) is 3. The molecule has 0 aromatic carbocycles. The van der Waals surface area contributed by atoms with E-state index in [1.165, 1.54) is 52.1 Å². The molecule has 0 aromatic heterocycles. The van der Waals surface area contributed by atoms with E-state index in [4.69, 9.17) is 0 Å². The monoisotopic (exact) mass is 281 g/mol. The third-order valence-corrected chi connectivity index (χ3v) is 5.18. The second kappa shape index (κ2) is 7.24. The molecule has 3 nitrogen and oxygen atoms in total. The molecule has 1 unspecified atom stereocenters. The minimum atomic E-state index is 0.712. The summed E-state index contributed by atoms with van der Waals surface area (Å²) in [6, 6.07) is 2.31. The highest BCUT2D eigenvalue weighted by Crippen LogP contribution is 2.24. The molecule has 0 radical (unpaired) electrons. The van der Waals surface area contributed by atoms with Gasteiger partial charge in [0.1, 0.15) is 0 Å². The molecule has 2 aliphatic heterocycles. The summed E-state index contributed by atoms with van der Waals surface area (Å²) in [7, 11) is 0. The van der Waals surface area contributed by atoms with Crippen LogP contribution in [0.3, 0.4) is 0 Å². The summed E-state index contributed by atoms with van der Waals surface area (Å²) in [6.07, 6.45) is 2.74. The largest absolute Gasteiger partial charge is 0.300 e. The maximum absolute atomic E-state index is 2.77. The van der Waals surface area contributed by atoms with Gasteiger partial charge in [0.15, 0.2) is 0 Å². The summed E-state index contributed by atoms with van der Waals surface area (Å²) in [5, 5.41) is 0. The molecule has 0 saturated carbocycles. The Hall–Kier alpha value is -0.120. The molecular formula is C17H35N3. The average molecular weight is 281 g/mol. The Kier molecular flexibility index (Phi) is 5.88. The lowest BCUT2D eigenvalue weighted by molar-refractivity contribution is 0.0281. The number of piperazine rings is 1. The maximum atomic E-state index is 2.77. The van der Waals surface area contributed by atoms with Gasteiger partial charge in [0.25, 0.3) is 0 Å². The molecule has 2 atom stereocenters. The van der Waals surface area contributed by atoms with Gasteiger partial charge in [-0.3, -0.25) is 9.80 Å². The Morgan fingerprint density at radius 1 is 0.950 bits per heavy atom. The van der Waals surface area contributed by atoms with E-state index in [0.29, 0.717) is 6.04 Å². The summed E-state index contributed by atoms with van der Waals surface area (Å²) in [4.78, 5) is 8.08. The first-order valence-electron chi connectivity index (χ1n) is 8.69. The van der Waals surface area contributed by atoms with Crippen LogP contribution in [0.4, 0.5) is 0 Å². The minimum absolute atomic E-state index is 0.712. The lowest BCUT2D eigenvalue weighted by Crippen LogP contribution is -2.56. The number of hydrogen-bond donors (Lipinski definition) is 0. The Balaban J connectivity index is 1.79. The summed E-state index contributed by atoms with van der Waals surface area (Å²) < 4.78 is 0. The summed E-state index contributed by atoms with van der Waals surface area (Å²) in [5.74, 6) is 0.795. The van der Waals surface area contributed by atoms with Crippen molar-refractivity contribution in [1.29, 1.82) is 0 Å². The van der Waals surface area contributed by atoms with Crippen LogP contribution >= 0.6 is 0 Å². The van der Waals surface area contributed by atoms with Gasteiger partial charge >= 0.3 is 0 Å². The van der Waals surface area contributed by atoms with Crippen LogP contribution in [0, 0.1) is 5.92 Å². The highest BCUT2D eigenvalue weighted by atomic mass is 15.3. The zero-order valence-corrected chi connectivity index (χ0v) is 14.3. The van der Waals surface area contributed by atoms with Crippen LogP contribution in [-0.2, 0) is 0 Å². The molecular weight excluding hydrogens is 246 g/mol. The van der Waals surface area contributed by atoms with Crippen LogP contribution in [0.25, 0.3) is 0 Å². The van der Waals surface area contributed by atoms with E-state index in [1.807, 2.05) is 0 Å². The standard InChI is InChI=1S/C17H35N3/c1-14(2)13-20-7-6-17(12-16(20)5)19-10-8-18(9-11-19)15(3)4/h14-17H,6-13H2,1-5H3/t16-,17?/m0/s1. The topological polar surface area (TPSA) is 9.72 Å². The van der Waals surface area contributed by atoms with Crippen molar-refractivity contribution < 1.29 is 0 Å². The number of rotatable bonds is 4. The van der Waals surface area contributed by atoms with Crippen LogP contribution in [0.2, 0.25) is 0 Å². The van der Waals surface area contributed by atoms with Gasteiger partial charge in [0.05, 0.1) is 0 Å². The first kappa shape index (κ1) is 16.3. The van der Waals surface area contributed by atoms with Crippen molar-refractivity contribution >= 4 is 0 Å². The first-order valence-corrected chi connectivity index (χ1v) is 8.69. The van der Waals surface area contributed by atoms with E-state index in [9.17, 15) is 0 Å². The van der Waals surface area contributed by atoms with E-state index in [1.54, 1.807) is 0 Å². The highest BCUT2D eigenvalue weighted by Gasteiger charge is 2.31. The van der Waals surface area contributed by atoms with Crippen LogP contribution < -0.4 is 0 Å². The summed E-state index contributed by atoms with van der Waals surface area (Å²) >= 11 is 0. The smallest absolute Gasteiger partial charge is 0.0123 e. The average Bonchev–Trinajstić information content (AvgIpc) is 2.41. The van der Waals surface area contributed by atoms with Crippen LogP contribution in [-0.4, -0.2) is 72.1 Å². The van der Waals surface area contributed by atoms with Crippen molar-refractivity contribution in [2.45, 2.75) is 65.6 Å². The molecule has 3 heteroatoms. The van der Waals surface area contributed by atoms with Gasteiger partial charge in [-0.15, -0.1) is 0 Å². The maximum Gasteiger partial charge on any atom is 0.0123 e. The first-order chi connectivity index (χ1) is 9.47. The Morgan fingerprint density at radius 3 is 2.10 bits per heavy atom. The molecule has 2 fully saturated rings. The van der Waals surface area contributed by atoms with Crippen molar-refractivity contribution in [2.75, 3.05) is 39.3 Å². The molecule has 2 heterocycles. The van der Waals surface area contributed by atoms with Gasteiger partial charge in [-0.05, 0) is 46.1 Å². The van der Waals surface area contributed by atoms with Gasteiger partial charge in [0.2, 0.25) is 0 Å². The van der Waals surface area contributed by atoms with Gasteiger partial charge < -0.3 is 4.90 Å². The molecule has 0 N–H and O–H groups in total. The molecule has 0 aliphatic carbocycles. The SMILES string of the molecule is CC(C)CN1CCC(N2CCN(C(C)C)CC2)C[C@@H]1C. The number of nitrogens with zero attached hydrogens (tertiary/aromatic N) is 3. The van der Waals surface area contributed by atoms with Crippen LogP contribution in [0.15, 0.2) is 0 Å². The normalized spacial score (nSPS) is 31.4. The van der Waals surface area contributed by atoms with Gasteiger partial charge in [-0.1, -0.05) is 13.8 Å². The highest BCUT2D eigenvalue weighted by molar-refractivity contribution is 4.87. The Morgan fingerprint density at radius 2 is 1.60 bits per heavy atom. The van der Waals surface area contributed by atoms with Crippen LogP contribution in [0.5, 0.6) is 0 Å². The minimum Gasteiger partial charge on any atom is -0.300 e. The van der Waals surface area contributed by atoms with Gasteiger partial charge in [0, 0.05) is 50.8 Å². The molecule has 0 bridgehead atoms. The molecule has 2 rings (SSSR count).